The maximum Gasteiger partial charge on any atom is 0.253 e. The lowest BCUT2D eigenvalue weighted by Gasteiger charge is -2.23. The van der Waals surface area contributed by atoms with E-state index in [9.17, 15) is 4.79 Å². The molecule has 1 amide bonds. The molecular formula is C15H20N2O2. The molecule has 0 saturated heterocycles. The molecule has 102 valence electrons. The predicted octanol–water partition coefficient (Wildman–Crippen LogP) is 2.31. The van der Waals surface area contributed by atoms with Crippen molar-refractivity contribution in [3.8, 4) is 0 Å². The number of benzene rings is 1. The number of amides is 1. The zero-order valence-corrected chi connectivity index (χ0v) is 11.4. The van der Waals surface area contributed by atoms with Crippen LogP contribution in [-0.4, -0.2) is 29.1 Å². The number of aromatic nitrogens is 1. The largest absolute Gasteiger partial charge is 0.396 e. The quantitative estimate of drug-likeness (QED) is 0.772. The van der Waals surface area contributed by atoms with E-state index in [0.29, 0.717) is 18.5 Å². The van der Waals surface area contributed by atoms with E-state index in [1.807, 2.05) is 44.3 Å². The summed E-state index contributed by atoms with van der Waals surface area (Å²) in [7, 11) is 0. The fraction of sp³-hybridized carbons (Fsp3) is 0.400. The number of hydrogen-bond acceptors (Lipinski definition) is 2. The van der Waals surface area contributed by atoms with Crippen LogP contribution in [0.5, 0.6) is 0 Å². The Kier molecular flexibility index (Phi) is 3.90. The average molecular weight is 260 g/mol. The number of para-hydroxylation sites is 1. The van der Waals surface area contributed by atoms with Crippen LogP contribution in [0.15, 0.2) is 30.5 Å². The van der Waals surface area contributed by atoms with Crippen molar-refractivity contribution in [3.63, 3.8) is 0 Å². The van der Waals surface area contributed by atoms with Crippen LogP contribution < -0.4 is 5.32 Å². The molecule has 2 rings (SSSR count). The monoisotopic (exact) mass is 260 g/mol. The Morgan fingerprint density at radius 3 is 2.89 bits per heavy atom. The van der Waals surface area contributed by atoms with Crippen LogP contribution in [0, 0.1) is 5.41 Å². The van der Waals surface area contributed by atoms with Crippen LogP contribution in [0.2, 0.25) is 0 Å². The third-order valence-electron chi connectivity index (χ3n) is 3.35. The summed E-state index contributed by atoms with van der Waals surface area (Å²) >= 11 is 0. The van der Waals surface area contributed by atoms with E-state index in [-0.39, 0.29) is 17.9 Å². The summed E-state index contributed by atoms with van der Waals surface area (Å²) < 4.78 is 0. The molecule has 0 bridgehead atoms. The molecule has 0 saturated carbocycles. The summed E-state index contributed by atoms with van der Waals surface area (Å²) in [5, 5.41) is 12.9. The van der Waals surface area contributed by atoms with Gasteiger partial charge in [-0.3, -0.25) is 4.79 Å². The van der Waals surface area contributed by atoms with Crippen LogP contribution in [0.4, 0.5) is 0 Å². The smallest absolute Gasteiger partial charge is 0.253 e. The fourth-order valence-corrected chi connectivity index (χ4v) is 2.08. The van der Waals surface area contributed by atoms with Gasteiger partial charge in [0.2, 0.25) is 0 Å². The normalized spacial score (nSPS) is 11.7. The van der Waals surface area contributed by atoms with E-state index in [0.717, 1.165) is 10.9 Å². The number of rotatable bonds is 5. The molecule has 19 heavy (non-hydrogen) atoms. The van der Waals surface area contributed by atoms with Gasteiger partial charge < -0.3 is 15.4 Å². The highest BCUT2D eigenvalue weighted by Crippen LogP contribution is 2.20. The van der Waals surface area contributed by atoms with Crippen molar-refractivity contribution in [2.45, 2.75) is 20.3 Å². The van der Waals surface area contributed by atoms with Crippen molar-refractivity contribution in [3.05, 3.63) is 36.0 Å². The van der Waals surface area contributed by atoms with E-state index in [2.05, 4.69) is 10.3 Å². The molecule has 0 spiro atoms. The van der Waals surface area contributed by atoms with E-state index in [4.69, 9.17) is 5.11 Å². The van der Waals surface area contributed by atoms with Gasteiger partial charge >= 0.3 is 0 Å². The third-order valence-corrected chi connectivity index (χ3v) is 3.35. The second kappa shape index (κ2) is 5.45. The topological polar surface area (TPSA) is 65.1 Å². The zero-order valence-electron chi connectivity index (χ0n) is 11.4. The van der Waals surface area contributed by atoms with E-state index in [1.165, 1.54) is 0 Å². The summed E-state index contributed by atoms with van der Waals surface area (Å²) in [4.78, 5) is 15.3. The third kappa shape index (κ3) is 3.15. The van der Waals surface area contributed by atoms with Gasteiger partial charge in [0.1, 0.15) is 0 Å². The Hall–Kier alpha value is -1.81. The van der Waals surface area contributed by atoms with Gasteiger partial charge in [-0.2, -0.15) is 0 Å². The number of nitrogens with one attached hydrogen (secondary N) is 2. The molecule has 3 N–H and O–H groups in total. The Morgan fingerprint density at radius 2 is 2.16 bits per heavy atom. The molecule has 0 unspecified atom stereocenters. The lowest BCUT2D eigenvalue weighted by atomic mass is 9.89. The standard InChI is InChI=1S/C15H20N2O2/c1-15(2,7-9-18)10-17-14(19)12-5-3-4-11-6-8-16-13(11)12/h3-6,8,16,18H,7,9-10H2,1-2H3,(H,17,19). The number of hydrogen-bond donors (Lipinski definition) is 3. The molecule has 2 aromatic rings. The van der Waals surface area contributed by atoms with Gasteiger partial charge in [0.05, 0.1) is 11.1 Å². The minimum Gasteiger partial charge on any atom is -0.396 e. The minimum absolute atomic E-state index is 0.0842. The zero-order chi connectivity index (χ0) is 13.9. The van der Waals surface area contributed by atoms with Crippen LogP contribution in [0.1, 0.15) is 30.6 Å². The number of fused-ring (bicyclic) bond motifs is 1. The summed E-state index contributed by atoms with van der Waals surface area (Å²) in [5.41, 5.74) is 1.41. The second-order valence-electron chi connectivity index (χ2n) is 5.57. The van der Waals surface area contributed by atoms with Gasteiger partial charge in [-0.1, -0.05) is 26.0 Å². The highest BCUT2D eigenvalue weighted by molar-refractivity contribution is 6.05. The SMILES string of the molecule is CC(C)(CCO)CNC(=O)c1cccc2cc[nH]c12. The summed E-state index contributed by atoms with van der Waals surface area (Å²) in [6, 6.07) is 7.61. The number of carbonyl (C=O) groups is 1. The lowest BCUT2D eigenvalue weighted by Crippen LogP contribution is -2.34. The van der Waals surface area contributed by atoms with E-state index < -0.39 is 0 Å². The Bertz CT molecular complexity index is 572. The van der Waals surface area contributed by atoms with Crippen LogP contribution in [-0.2, 0) is 0 Å². The summed E-state index contributed by atoms with van der Waals surface area (Å²) in [6.07, 6.45) is 2.50. The maximum absolute atomic E-state index is 12.2. The summed E-state index contributed by atoms with van der Waals surface area (Å²) in [6.45, 7) is 4.73. The van der Waals surface area contributed by atoms with Crippen LogP contribution in [0.25, 0.3) is 10.9 Å². The van der Waals surface area contributed by atoms with Gasteiger partial charge in [0, 0.05) is 24.7 Å². The minimum atomic E-state index is -0.103. The van der Waals surface area contributed by atoms with Gasteiger partial charge in [0.25, 0.3) is 5.91 Å². The van der Waals surface area contributed by atoms with E-state index in [1.54, 1.807) is 0 Å². The Labute approximate surface area is 112 Å². The molecule has 1 aromatic heterocycles. The van der Waals surface area contributed by atoms with Crippen LogP contribution >= 0.6 is 0 Å². The molecule has 0 radical (unpaired) electrons. The highest BCUT2D eigenvalue weighted by atomic mass is 16.3. The molecule has 0 aliphatic carbocycles. The van der Waals surface area contributed by atoms with Gasteiger partial charge in [-0.05, 0) is 24.0 Å². The first kappa shape index (κ1) is 13.6. The molecule has 0 atom stereocenters. The lowest BCUT2D eigenvalue weighted by molar-refractivity contribution is 0.0929. The highest BCUT2D eigenvalue weighted by Gasteiger charge is 2.19. The number of H-pyrrole nitrogens is 1. The molecule has 4 heteroatoms. The van der Waals surface area contributed by atoms with Crippen molar-refractivity contribution in [1.82, 2.24) is 10.3 Å². The van der Waals surface area contributed by atoms with Crippen molar-refractivity contribution in [1.29, 1.82) is 0 Å². The first-order valence-electron chi connectivity index (χ1n) is 6.49. The molecule has 0 aliphatic heterocycles. The van der Waals surface area contributed by atoms with Crippen molar-refractivity contribution >= 4 is 16.8 Å². The number of carbonyl (C=O) groups excluding carboxylic acids is 1. The first-order chi connectivity index (χ1) is 9.03. The Balaban J connectivity index is 2.10. The second-order valence-corrected chi connectivity index (χ2v) is 5.57. The number of aliphatic hydroxyl groups excluding tert-OH is 1. The maximum atomic E-state index is 12.2. The van der Waals surface area contributed by atoms with Crippen molar-refractivity contribution < 1.29 is 9.90 Å². The molecule has 0 fully saturated rings. The Morgan fingerprint density at radius 1 is 1.37 bits per heavy atom. The van der Waals surface area contributed by atoms with E-state index >= 15 is 0 Å². The first-order valence-corrected chi connectivity index (χ1v) is 6.49. The van der Waals surface area contributed by atoms with Crippen molar-refractivity contribution in [2.24, 2.45) is 5.41 Å². The number of aromatic amines is 1. The van der Waals surface area contributed by atoms with Crippen LogP contribution in [0.3, 0.4) is 0 Å². The molecule has 1 heterocycles. The molecule has 0 aliphatic rings. The molecule has 1 aromatic carbocycles. The fourth-order valence-electron chi connectivity index (χ4n) is 2.08. The molecular weight excluding hydrogens is 240 g/mol. The molecule has 4 nitrogen and oxygen atoms in total. The predicted molar refractivity (Wildman–Crippen MR) is 76.1 cm³/mol. The van der Waals surface area contributed by atoms with Gasteiger partial charge in [0.15, 0.2) is 0 Å². The van der Waals surface area contributed by atoms with Crippen molar-refractivity contribution in [2.75, 3.05) is 13.2 Å². The van der Waals surface area contributed by atoms with Gasteiger partial charge in [-0.15, -0.1) is 0 Å². The average Bonchev–Trinajstić information content (AvgIpc) is 2.84. The summed E-state index contributed by atoms with van der Waals surface area (Å²) in [5.74, 6) is -0.0842. The van der Waals surface area contributed by atoms with Gasteiger partial charge in [-0.25, -0.2) is 0 Å². The number of aliphatic hydroxyl groups is 1.